The van der Waals surface area contributed by atoms with Crippen LogP contribution in [0.25, 0.3) is 17.1 Å². The number of benzene rings is 2. The van der Waals surface area contributed by atoms with E-state index in [0.717, 1.165) is 11.4 Å². The summed E-state index contributed by atoms with van der Waals surface area (Å²) in [5.74, 6) is 0.313. The molecule has 0 fully saturated rings. The van der Waals surface area contributed by atoms with Gasteiger partial charge >= 0.3 is 0 Å². The molecule has 0 bridgehead atoms. The number of rotatable bonds is 4. The predicted octanol–water partition coefficient (Wildman–Crippen LogP) is 3.55. The van der Waals surface area contributed by atoms with E-state index in [-0.39, 0.29) is 17.4 Å². The monoisotopic (exact) mass is 384 g/mol. The Balaban J connectivity index is 2.11. The van der Waals surface area contributed by atoms with Crippen LogP contribution in [0.15, 0.2) is 36.4 Å². The maximum Gasteiger partial charge on any atom is 0.223 e. The average Bonchev–Trinajstić information content (AvgIpc) is 3.02. The lowest BCUT2D eigenvalue weighted by Gasteiger charge is -2.16. The Bertz CT molecular complexity index is 1050. The number of aromatic amines is 1. The van der Waals surface area contributed by atoms with Gasteiger partial charge in [-0.05, 0) is 54.5 Å². The van der Waals surface area contributed by atoms with E-state index in [1.54, 1.807) is 22.6 Å². The second-order valence-corrected chi connectivity index (χ2v) is 6.52. The van der Waals surface area contributed by atoms with Crippen LogP contribution in [0.1, 0.15) is 19.4 Å². The molecule has 0 unspecified atom stereocenters. The summed E-state index contributed by atoms with van der Waals surface area (Å²) >= 11 is 5.36. The molecule has 1 aromatic heterocycles. The lowest BCUT2D eigenvalue weighted by atomic mass is 10.1. The molecule has 8 heteroatoms. The summed E-state index contributed by atoms with van der Waals surface area (Å²) in [5.41, 5.74) is 2.64. The molecule has 3 rings (SSSR count). The highest BCUT2D eigenvalue weighted by Crippen LogP contribution is 2.35. The molecule has 3 aromatic rings. The minimum Gasteiger partial charge on any atom is -0.508 e. The van der Waals surface area contributed by atoms with Gasteiger partial charge in [-0.1, -0.05) is 6.92 Å². The molecule has 1 amide bonds. The van der Waals surface area contributed by atoms with Crippen molar-refractivity contribution in [2.45, 2.75) is 20.3 Å². The molecule has 0 atom stereocenters. The van der Waals surface area contributed by atoms with Crippen LogP contribution in [0.3, 0.4) is 0 Å². The number of phenols is 2. The quantitative estimate of drug-likeness (QED) is 0.598. The van der Waals surface area contributed by atoms with Crippen LogP contribution in [-0.2, 0) is 11.2 Å². The zero-order valence-corrected chi connectivity index (χ0v) is 16.0. The van der Waals surface area contributed by atoms with E-state index in [4.69, 9.17) is 12.2 Å². The molecule has 1 heterocycles. The van der Waals surface area contributed by atoms with Crippen molar-refractivity contribution < 1.29 is 15.0 Å². The minimum absolute atomic E-state index is 0.0380. The number of nitrogens with zero attached hydrogens (tertiary/aromatic N) is 3. The number of aryl methyl sites for hydroxylation is 1. The minimum atomic E-state index is -0.0899. The van der Waals surface area contributed by atoms with Crippen LogP contribution in [0.2, 0.25) is 0 Å². The fourth-order valence-corrected chi connectivity index (χ4v) is 3.05. The third kappa shape index (κ3) is 3.43. The van der Waals surface area contributed by atoms with Crippen molar-refractivity contribution >= 4 is 23.8 Å². The van der Waals surface area contributed by atoms with Crippen molar-refractivity contribution in [3.05, 3.63) is 46.7 Å². The number of anilines is 1. The lowest BCUT2D eigenvalue weighted by molar-refractivity contribution is -0.116. The first-order valence-corrected chi connectivity index (χ1v) is 8.81. The zero-order chi connectivity index (χ0) is 19.7. The van der Waals surface area contributed by atoms with Gasteiger partial charge in [0.1, 0.15) is 11.5 Å². The molecule has 0 spiro atoms. The van der Waals surface area contributed by atoms with Crippen LogP contribution in [0.4, 0.5) is 5.69 Å². The van der Waals surface area contributed by atoms with E-state index < -0.39 is 0 Å². The number of phenolic OH excluding ortho intramolecular Hbond substituents is 2. The Morgan fingerprint density at radius 3 is 2.48 bits per heavy atom. The highest BCUT2D eigenvalue weighted by Gasteiger charge is 2.17. The Labute approximate surface area is 161 Å². The van der Waals surface area contributed by atoms with Gasteiger partial charge in [0.25, 0.3) is 0 Å². The zero-order valence-electron chi connectivity index (χ0n) is 15.2. The van der Waals surface area contributed by atoms with E-state index in [0.29, 0.717) is 28.1 Å². The summed E-state index contributed by atoms with van der Waals surface area (Å²) < 4.78 is 2.06. The topological polar surface area (TPSA) is 94.4 Å². The Morgan fingerprint density at radius 2 is 1.89 bits per heavy atom. The molecule has 0 aliphatic rings. The number of amides is 1. The molecule has 0 aliphatic carbocycles. The Kier molecular flexibility index (Phi) is 5.00. The molecule has 7 nitrogen and oxygen atoms in total. The number of hydrogen-bond acceptors (Lipinski definition) is 5. The van der Waals surface area contributed by atoms with E-state index >= 15 is 0 Å². The number of aromatic hydroxyl groups is 2. The fraction of sp³-hybridized carbons (Fsp3) is 0.211. The number of carbonyl (C=O) groups is 1. The maximum atomic E-state index is 11.5. The normalized spacial score (nSPS) is 10.8. The third-order valence-corrected chi connectivity index (χ3v) is 4.73. The molecular weight excluding hydrogens is 364 g/mol. The molecule has 0 saturated carbocycles. The Hall–Kier alpha value is -3.13. The van der Waals surface area contributed by atoms with Crippen molar-refractivity contribution in [1.29, 1.82) is 0 Å². The van der Waals surface area contributed by atoms with Crippen LogP contribution < -0.4 is 4.90 Å². The van der Waals surface area contributed by atoms with Crippen molar-refractivity contribution in [2.75, 3.05) is 11.9 Å². The van der Waals surface area contributed by atoms with E-state index in [9.17, 15) is 15.0 Å². The van der Waals surface area contributed by atoms with Gasteiger partial charge in [0.15, 0.2) is 10.6 Å². The summed E-state index contributed by atoms with van der Waals surface area (Å²) in [4.78, 5) is 13.1. The number of H-pyrrole nitrogens is 1. The first-order valence-electron chi connectivity index (χ1n) is 8.40. The number of hydrogen-bond donors (Lipinski definition) is 3. The predicted molar refractivity (Wildman–Crippen MR) is 106 cm³/mol. The standard InChI is InChI=1S/C19H20N4O3S/c1-4-12-9-15(17(26)10-16(12)25)18-20-21-19(27)23(18)14-7-5-13(6-8-14)22(3)11(2)24/h5-10,25-26H,4H2,1-3H3,(H,21,27). The molecule has 0 aliphatic heterocycles. The van der Waals surface area contributed by atoms with Gasteiger partial charge in [-0.3, -0.25) is 14.5 Å². The van der Waals surface area contributed by atoms with Crippen LogP contribution in [-0.4, -0.2) is 37.9 Å². The van der Waals surface area contributed by atoms with E-state index in [1.807, 2.05) is 31.2 Å². The molecule has 0 saturated heterocycles. The van der Waals surface area contributed by atoms with Gasteiger partial charge in [0.2, 0.25) is 5.91 Å². The number of carbonyl (C=O) groups excluding carboxylic acids is 1. The highest BCUT2D eigenvalue weighted by atomic mass is 32.1. The second-order valence-electron chi connectivity index (χ2n) is 6.13. The molecule has 3 N–H and O–H groups in total. The van der Waals surface area contributed by atoms with Gasteiger partial charge in [0.05, 0.1) is 11.3 Å². The van der Waals surface area contributed by atoms with Crippen LogP contribution >= 0.6 is 12.2 Å². The first kappa shape index (κ1) is 18.7. The van der Waals surface area contributed by atoms with Crippen molar-refractivity contribution in [1.82, 2.24) is 14.8 Å². The summed E-state index contributed by atoms with van der Waals surface area (Å²) in [6.45, 7) is 3.41. The van der Waals surface area contributed by atoms with Gasteiger partial charge in [-0.25, -0.2) is 0 Å². The van der Waals surface area contributed by atoms with E-state index in [2.05, 4.69) is 10.2 Å². The van der Waals surface area contributed by atoms with Gasteiger partial charge in [-0.2, -0.15) is 5.10 Å². The van der Waals surface area contributed by atoms with Crippen LogP contribution in [0, 0.1) is 4.77 Å². The van der Waals surface area contributed by atoms with Gasteiger partial charge < -0.3 is 15.1 Å². The number of aromatic nitrogens is 3. The third-order valence-electron chi connectivity index (χ3n) is 4.46. The summed E-state index contributed by atoms with van der Waals surface area (Å²) in [6, 6.07) is 10.3. The number of nitrogens with one attached hydrogen (secondary N) is 1. The van der Waals surface area contributed by atoms with Crippen LogP contribution in [0.5, 0.6) is 11.5 Å². The summed E-state index contributed by atoms with van der Waals surface area (Å²) in [6.07, 6.45) is 0.607. The Morgan fingerprint density at radius 1 is 1.22 bits per heavy atom. The van der Waals surface area contributed by atoms with Crippen molar-refractivity contribution in [3.63, 3.8) is 0 Å². The van der Waals surface area contributed by atoms with Gasteiger partial charge in [0, 0.05) is 25.7 Å². The maximum absolute atomic E-state index is 11.5. The van der Waals surface area contributed by atoms with Crippen molar-refractivity contribution in [2.24, 2.45) is 0 Å². The molecule has 27 heavy (non-hydrogen) atoms. The first-order chi connectivity index (χ1) is 12.8. The highest BCUT2D eigenvalue weighted by molar-refractivity contribution is 7.71. The summed E-state index contributed by atoms with van der Waals surface area (Å²) in [7, 11) is 1.70. The largest absolute Gasteiger partial charge is 0.508 e. The molecular formula is C19H20N4O3S. The van der Waals surface area contributed by atoms with E-state index in [1.165, 1.54) is 13.0 Å². The summed E-state index contributed by atoms with van der Waals surface area (Å²) in [5, 5.41) is 27.3. The smallest absolute Gasteiger partial charge is 0.223 e. The SMILES string of the molecule is CCc1cc(-c2n[nH]c(=S)n2-c2ccc(N(C)C(C)=O)cc2)c(O)cc1O. The molecule has 2 aromatic carbocycles. The molecule has 0 radical (unpaired) electrons. The lowest BCUT2D eigenvalue weighted by Crippen LogP contribution is -2.22. The molecule has 140 valence electrons. The van der Waals surface area contributed by atoms with Crippen molar-refractivity contribution in [3.8, 4) is 28.6 Å². The average molecular weight is 384 g/mol. The fourth-order valence-electron chi connectivity index (χ4n) is 2.81. The van der Waals surface area contributed by atoms with Gasteiger partial charge in [-0.15, -0.1) is 0 Å². The second kappa shape index (κ2) is 7.24.